The number of sulfone groups is 1. The first-order valence-electron chi connectivity index (χ1n) is 8.24. The average Bonchev–Trinajstić information content (AvgIpc) is 3.11. The second-order valence-corrected chi connectivity index (χ2v) is 9.00. The van der Waals surface area contributed by atoms with Gasteiger partial charge in [-0.2, -0.15) is 0 Å². The van der Waals surface area contributed by atoms with E-state index in [0.717, 1.165) is 31.9 Å². The molecule has 1 aromatic carbocycles. The summed E-state index contributed by atoms with van der Waals surface area (Å²) < 4.78 is 29.9. The van der Waals surface area contributed by atoms with Gasteiger partial charge >= 0.3 is 0 Å². The van der Waals surface area contributed by atoms with Gasteiger partial charge in [-0.3, -0.25) is 0 Å². The lowest BCUT2D eigenvalue weighted by Crippen LogP contribution is -2.24. The van der Waals surface area contributed by atoms with Gasteiger partial charge < -0.3 is 9.32 Å². The molecule has 3 rings (SSSR count). The van der Waals surface area contributed by atoms with E-state index >= 15 is 0 Å². The van der Waals surface area contributed by atoms with Crippen LogP contribution in [0.2, 0.25) is 0 Å². The Morgan fingerprint density at radius 1 is 1.39 bits per heavy atom. The largest absolute Gasteiger partial charge is 0.440 e. The summed E-state index contributed by atoms with van der Waals surface area (Å²) in [7, 11) is -3.21. The van der Waals surface area contributed by atoms with Gasteiger partial charge in [0.2, 0.25) is 0 Å². The van der Waals surface area contributed by atoms with Crippen LogP contribution in [0.1, 0.15) is 39.0 Å². The van der Waals surface area contributed by atoms with Crippen molar-refractivity contribution in [1.82, 2.24) is 9.88 Å². The van der Waals surface area contributed by atoms with Gasteiger partial charge in [-0.1, -0.05) is 20.8 Å². The first-order chi connectivity index (χ1) is 10.9. The molecular formula is C17H24N2O3S. The maximum Gasteiger partial charge on any atom is 0.199 e. The van der Waals surface area contributed by atoms with Crippen LogP contribution in [-0.4, -0.2) is 43.7 Å². The van der Waals surface area contributed by atoms with Crippen LogP contribution in [-0.2, 0) is 9.84 Å². The molecule has 0 spiro atoms. The van der Waals surface area contributed by atoms with Crippen molar-refractivity contribution < 1.29 is 12.8 Å². The first kappa shape index (κ1) is 16.5. The topological polar surface area (TPSA) is 63.4 Å². The standard InChI is InChI=1S/C17H24N2O3S/c1-4-23(20,21)14-5-6-16-15(9-14)18-17(22-16)13-7-8-19(11-13)10-12(2)3/h5-6,9,12-13H,4,7-8,10-11H2,1-3H3/t13-/m0/s1. The maximum absolute atomic E-state index is 12.0. The van der Waals surface area contributed by atoms with E-state index in [1.165, 1.54) is 0 Å². The van der Waals surface area contributed by atoms with Crippen LogP contribution in [0.4, 0.5) is 0 Å². The molecule has 2 heterocycles. The first-order valence-corrected chi connectivity index (χ1v) is 9.90. The number of aromatic nitrogens is 1. The summed E-state index contributed by atoms with van der Waals surface area (Å²) in [6.45, 7) is 9.22. The lowest BCUT2D eigenvalue weighted by Gasteiger charge is -2.17. The molecule has 1 fully saturated rings. The quantitative estimate of drug-likeness (QED) is 0.839. The third kappa shape index (κ3) is 3.43. The highest BCUT2D eigenvalue weighted by Crippen LogP contribution is 2.30. The number of hydrogen-bond acceptors (Lipinski definition) is 5. The number of nitrogens with zero attached hydrogens (tertiary/aromatic N) is 2. The molecule has 1 aliphatic rings. The Morgan fingerprint density at radius 2 is 2.17 bits per heavy atom. The molecule has 0 aliphatic carbocycles. The summed E-state index contributed by atoms with van der Waals surface area (Å²) >= 11 is 0. The number of rotatable bonds is 5. The number of oxazole rings is 1. The van der Waals surface area contributed by atoms with Crippen molar-refractivity contribution in [2.75, 3.05) is 25.4 Å². The Bertz CT molecular complexity index is 795. The molecule has 5 nitrogen and oxygen atoms in total. The van der Waals surface area contributed by atoms with Crippen LogP contribution in [0, 0.1) is 5.92 Å². The maximum atomic E-state index is 12.0. The Kier molecular flexibility index (Phi) is 4.47. The van der Waals surface area contributed by atoms with Gasteiger partial charge in [0.25, 0.3) is 0 Å². The molecule has 0 amide bonds. The van der Waals surface area contributed by atoms with E-state index < -0.39 is 9.84 Å². The van der Waals surface area contributed by atoms with Gasteiger partial charge in [-0.05, 0) is 37.1 Å². The van der Waals surface area contributed by atoms with E-state index in [1.54, 1.807) is 25.1 Å². The van der Waals surface area contributed by atoms with E-state index in [9.17, 15) is 8.42 Å². The minimum absolute atomic E-state index is 0.0933. The molecule has 6 heteroatoms. The second kappa shape index (κ2) is 6.24. The van der Waals surface area contributed by atoms with Gasteiger partial charge in [0, 0.05) is 19.0 Å². The SMILES string of the molecule is CCS(=O)(=O)c1ccc2oc([C@H]3CCN(CC(C)C)C3)nc2c1. The van der Waals surface area contributed by atoms with Crippen molar-refractivity contribution in [3.63, 3.8) is 0 Å². The summed E-state index contributed by atoms with van der Waals surface area (Å²) in [6.07, 6.45) is 1.04. The predicted molar refractivity (Wildman–Crippen MR) is 90.4 cm³/mol. The molecule has 126 valence electrons. The summed E-state index contributed by atoms with van der Waals surface area (Å²) in [6, 6.07) is 4.95. The van der Waals surface area contributed by atoms with E-state index in [4.69, 9.17) is 4.42 Å². The molecule has 23 heavy (non-hydrogen) atoms. The molecule has 0 N–H and O–H groups in total. The summed E-state index contributed by atoms with van der Waals surface area (Å²) in [5, 5.41) is 0. The Labute approximate surface area is 137 Å². The van der Waals surface area contributed by atoms with Gasteiger partial charge in [-0.15, -0.1) is 0 Å². The van der Waals surface area contributed by atoms with Gasteiger partial charge in [-0.25, -0.2) is 13.4 Å². The lowest BCUT2D eigenvalue weighted by molar-refractivity contribution is 0.291. The van der Waals surface area contributed by atoms with Crippen LogP contribution < -0.4 is 0 Å². The van der Waals surface area contributed by atoms with Crippen LogP contribution in [0.15, 0.2) is 27.5 Å². The lowest BCUT2D eigenvalue weighted by atomic mass is 10.1. The van der Waals surface area contributed by atoms with Crippen molar-refractivity contribution in [3.05, 3.63) is 24.1 Å². The third-order valence-electron chi connectivity index (χ3n) is 4.36. The summed E-state index contributed by atoms with van der Waals surface area (Å²) in [5.41, 5.74) is 1.30. The molecule has 1 atom stereocenters. The predicted octanol–water partition coefficient (Wildman–Crippen LogP) is 3.07. The summed E-state index contributed by atoms with van der Waals surface area (Å²) in [4.78, 5) is 7.32. The molecule has 0 radical (unpaired) electrons. The van der Waals surface area contributed by atoms with Gasteiger partial charge in [0.05, 0.1) is 10.6 Å². The molecular weight excluding hydrogens is 312 g/mol. The fraction of sp³-hybridized carbons (Fsp3) is 0.588. The molecule has 0 saturated carbocycles. The van der Waals surface area contributed by atoms with Gasteiger partial charge in [0.15, 0.2) is 21.3 Å². The fourth-order valence-electron chi connectivity index (χ4n) is 3.18. The molecule has 2 aromatic rings. The van der Waals surface area contributed by atoms with Crippen molar-refractivity contribution in [2.45, 2.75) is 38.0 Å². The summed E-state index contributed by atoms with van der Waals surface area (Å²) in [5.74, 6) is 1.78. The van der Waals surface area contributed by atoms with Crippen molar-refractivity contribution >= 4 is 20.9 Å². The number of benzene rings is 1. The Balaban J connectivity index is 1.84. The number of fused-ring (bicyclic) bond motifs is 1. The molecule has 0 unspecified atom stereocenters. The van der Waals surface area contributed by atoms with Crippen LogP contribution in [0.5, 0.6) is 0 Å². The molecule has 1 aliphatic heterocycles. The van der Waals surface area contributed by atoms with Crippen molar-refractivity contribution in [2.24, 2.45) is 5.92 Å². The van der Waals surface area contributed by atoms with E-state index in [-0.39, 0.29) is 5.75 Å². The number of likely N-dealkylation sites (tertiary alicyclic amines) is 1. The fourth-order valence-corrected chi connectivity index (χ4v) is 4.08. The number of hydrogen-bond donors (Lipinski definition) is 0. The second-order valence-electron chi connectivity index (χ2n) is 6.72. The van der Waals surface area contributed by atoms with Crippen molar-refractivity contribution in [1.29, 1.82) is 0 Å². The highest BCUT2D eigenvalue weighted by molar-refractivity contribution is 7.91. The molecule has 1 aromatic heterocycles. The molecule has 0 bridgehead atoms. The average molecular weight is 336 g/mol. The van der Waals surface area contributed by atoms with E-state index in [2.05, 4.69) is 23.7 Å². The van der Waals surface area contributed by atoms with Crippen molar-refractivity contribution in [3.8, 4) is 0 Å². The Morgan fingerprint density at radius 3 is 2.87 bits per heavy atom. The smallest absolute Gasteiger partial charge is 0.199 e. The minimum atomic E-state index is -3.21. The zero-order valence-corrected chi connectivity index (χ0v) is 14.8. The zero-order valence-electron chi connectivity index (χ0n) is 13.9. The van der Waals surface area contributed by atoms with Crippen LogP contribution in [0.25, 0.3) is 11.1 Å². The zero-order chi connectivity index (χ0) is 16.6. The van der Waals surface area contributed by atoms with Crippen LogP contribution >= 0.6 is 0 Å². The third-order valence-corrected chi connectivity index (χ3v) is 6.09. The normalized spacial score (nSPS) is 19.9. The van der Waals surface area contributed by atoms with E-state index in [0.29, 0.717) is 27.8 Å². The van der Waals surface area contributed by atoms with Crippen LogP contribution in [0.3, 0.4) is 0 Å². The Hall–Kier alpha value is -1.40. The van der Waals surface area contributed by atoms with E-state index in [1.807, 2.05) is 0 Å². The monoisotopic (exact) mass is 336 g/mol. The minimum Gasteiger partial charge on any atom is -0.440 e. The highest BCUT2D eigenvalue weighted by atomic mass is 32.2. The van der Waals surface area contributed by atoms with Gasteiger partial charge in [0.1, 0.15) is 5.52 Å². The highest BCUT2D eigenvalue weighted by Gasteiger charge is 2.28. The molecule has 1 saturated heterocycles.